The van der Waals surface area contributed by atoms with E-state index in [1.54, 1.807) is 6.08 Å². The van der Waals surface area contributed by atoms with E-state index >= 15 is 0 Å². The number of hydrogen-bond acceptors (Lipinski definition) is 3. The van der Waals surface area contributed by atoms with Crippen LogP contribution in [0.3, 0.4) is 0 Å². The molecule has 1 fully saturated rings. The second-order valence-electron chi connectivity index (χ2n) is 3.74. The average molecular weight is 273 g/mol. The van der Waals surface area contributed by atoms with Gasteiger partial charge in [0.1, 0.15) is 0 Å². The molecule has 5 nitrogen and oxygen atoms in total. The van der Waals surface area contributed by atoms with Crippen molar-refractivity contribution in [3.05, 3.63) is 12.7 Å². The van der Waals surface area contributed by atoms with Crippen LogP contribution in [0.4, 0.5) is 0 Å². The van der Waals surface area contributed by atoms with Gasteiger partial charge in [0, 0.05) is 19.6 Å². The number of hydrazine groups is 2. The van der Waals surface area contributed by atoms with E-state index in [0.717, 1.165) is 13.1 Å². The number of hydrogen-bond donors (Lipinski definition) is 4. The summed E-state index contributed by atoms with van der Waals surface area (Å²) in [5, 5.41) is 6.06. The van der Waals surface area contributed by atoms with Crippen molar-refractivity contribution < 1.29 is 0 Å². The van der Waals surface area contributed by atoms with Crippen molar-refractivity contribution >= 4 is 34.7 Å². The third-order valence-electron chi connectivity index (χ3n) is 2.31. The van der Waals surface area contributed by atoms with Gasteiger partial charge < -0.3 is 5.32 Å². The van der Waals surface area contributed by atoms with E-state index in [9.17, 15) is 0 Å². The van der Waals surface area contributed by atoms with Crippen LogP contribution in [0.25, 0.3) is 0 Å². The van der Waals surface area contributed by atoms with Crippen LogP contribution in [0.5, 0.6) is 0 Å². The summed E-state index contributed by atoms with van der Waals surface area (Å²) in [5.74, 6) is 0. The van der Waals surface area contributed by atoms with Gasteiger partial charge in [-0.2, -0.15) is 0 Å². The summed E-state index contributed by atoms with van der Waals surface area (Å²) < 4.78 is 0. The number of rotatable bonds is 3. The SMILES string of the molecule is C=CCNC(=S)NNC(=S)NN1CCCCC1. The molecule has 1 aliphatic heterocycles. The van der Waals surface area contributed by atoms with Gasteiger partial charge in [-0.25, -0.2) is 5.01 Å². The fraction of sp³-hybridized carbons (Fsp3) is 0.600. The molecule has 1 aliphatic rings. The first-order valence-corrected chi connectivity index (χ1v) is 6.50. The average Bonchev–Trinajstić information content (AvgIpc) is 2.35. The maximum atomic E-state index is 5.13. The van der Waals surface area contributed by atoms with Crippen LogP contribution in [-0.2, 0) is 0 Å². The van der Waals surface area contributed by atoms with Crippen molar-refractivity contribution in [2.75, 3.05) is 19.6 Å². The van der Waals surface area contributed by atoms with Gasteiger partial charge in [0.2, 0.25) is 0 Å². The Labute approximate surface area is 113 Å². The van der Waals surface area contributed by atoms with E-state index in [1.165, 1.54) is 19.3 Å². The molecule has 17 heavy (non-hydrogen) atoms. The smallest absolute Gasteiger partial charge is 0.199 e. The number of thiocarbonyl (C=S) groups is 2. The van der Waals surface area contributed by atoms with Gasteiger partial charge in [0.25, 0.3) is 0 Å². The largest absolute Gasteiger partial charge is 0.358 e. The molecule has 96 valence electrons. The minimum absolute atomic E-state index is 0.493. The van der Waals surface area contributed by atoms with Gasteiger partial charge in [-0.05, 0) is 37.3 Å². The molecule has 1 saturated heterocycles. The van der Waals surface area contributed by atoms with E-state index in [0.29, 0.717) is 16.8 Å². The lowest BCUT2D eigenvalue weighted by Gasteiger charge is -2.28. The first-order valence-electron chi connectivity index (χ1n) is 5.68. The van der Waals surface area contributed by atoms with E-state index in [2.05, 4.69) is 33.2 Å². The lowest BCUT2D eigenvalue weighted by Crippen LogP contribution is -2.55. The highest BCUT2D eigenvalue weighted by atomic mass is 32.1. The van der Waals surface area contributed by atoms with E-state index < -0.39 is 0 Å². The highest BCUT2D eigenvalue weighted by Gasteiger charge is 2.10. The molecule has 0 aromatic heterocycles. The molecule has 4 N–H and O–H groups in total. The van der Waals surface area contributed by atoms with Crippen molar-refractivity contribution in [3.8, 4) is 0 Å². The summed E-state index contributed by atoms with van der Waals surface area (Å²) in [7, 11) is 0. The topological polar surface area (TPSA) is 51.4 Å². The van der Waals surface area contributed by atoms with Gasteiger partial charge in [-0.3, -0.25) is 16.3 Å². The Balaban J connectivity index is 2.11. The zero-order chi connectivity index (χ0) is 12.5. The van der Waals surface area contributed by atoms with Crippen LogP contribution in [0.1, 0.15) is 19.3 Å². The summed E-state index contributed by atoms with van der Waals surface area (Å²) in [6, 6.07) is 0. The Hall–Kier alpha value is -0.920. The van der Waals surface area contributed by atoms with E-state index in [1.807, 2.05) is 0 Å². The summed E-state index contributed by atoms with van der Waals surface area (Å²) in [4.78, 5) is 0. The van der Waals surface area contributed by atoms with Crippen LogP contribution in [0.15, 0.2) is 12.7 Å². The van der Waals surface area contributed by atoms with Crippen molar-refractivity contribution in [1.82, 2.24) is 26.6 Å². The second-order valence-corrected chi connectivity index (χ2v) is 4.55. The zero-order valence-electron chi connectivity index (χ0n) is 9.79. The summed E-state index contributed by atoms with van der Waals surface area (Å²) >= 11 is 10.1. The predicted molar refractivity (Wildman–Crippen MR) is 78.2 cm³/mol. The molecule has 0 amide bonds. The first kappa shape index (κ1) is 14.1. The molecular weight excluding hydrogens is 254 g/mol. The molecule has 0 radical (unpaired) electrons. The second kappa shape index (κ2) is 8.21. The highest BCUT2D eigenvalue weighted by molar-refractivity contribution is 7.80. The van der Waals surface area contributed by atoms with Crippen LogP contribution in [0, 0.1) is 0 Å². The van der Waals surface area contributed by atoms with Crippen molar-refractivity contribution in [2.45, 2.75) is 19.3 Å². The van der Waals surface area contributed by atoms with Gasteiger partial charge >= 0.3 is 0 Å². The van der Waals surface area contributed by atoms with E-state index in [-0.39, 0.29) is 0 Å². The van der Waals surface area contributed by atoms with Gasteiger partial charge in [-0.1, -0.05) is 12.5 Å². The molecule has 1 rings (SSSR count). The normalized spacial score (nSPS) is 15.8. The lowest BCUT2D eigenvalue weighted by molar-refractivity contribution is 0.193. The minimum atomic E-state index is 0.493. The van der Waals surface area contributed by atoms with E-state index in [4.69, 9.17) is 24.4 Å². The highest BCUT2D eigenvalue weighted by Crippen LogP contribution is 2.05. The molecule has 0 atom stereocenters. The van der Waals surface area contributed by atoms with Crippen molar-refractivity contribution in [3.63, 3.8) is 0 Å². The Morgan fingerprint density at radius 3 is 2.41 bits per heavy atom. The number of piperidine rings is 1. The minimum Gasteiger partial charge on any atom is -0.358 e. The van der Waals surface area contributed by atoms with Crippen molar-refractivity contribution in [2.24, 2.45) is 0 Å². The fourth-order valence-electron chi connectivity index (χ4n) is 1.50. The lowest BCUT2D eigenvalue weighted by atomic mass is 10.2. The molecule has 1 heterocycles. The number of nitrogens with one attached hydrogen (secondary N) is 4. The molecule has 0 bridgehead atoms. The third-order valence-corrected chi connectivity index (χ3v) is 2.75. The Kier molecular flexibility index (Phi) is 6.83. The predicted octanol–water partition coefficient (Wildman–Crippen LogP) is 0.416. The third kappa shape index (κ3) is 6.40. The first-order chi connectivity index (χ1) is 8.22. The van der Waals surface area contributed by atoms with Gasteiger partial charge in [0.15, 0.2) is 10.2 Å². The summed E-state index contributed by atoms with van der Waals surface area (Å²) in [6.45, 7) is 6.27. The molecular formula is C10H19N5S2. The molecule has 0 unspecified atom stereocenters. The number of nitrogens with zero attached hydrogens (tertiary/aromatic N) is 1. The molecule has 0 saturated carbocycles. The zero-order valence-corrected chi connectivity index (χ0v) is 11.4. The fourth-order valence-corrected chi connectivity index (χ4v) is 1.81. The van der Waals surface area contributed by atoms with Crippen LogP contribution in [-0.4, -0.2) is 34.9 Å². The summed E-state index contributed by atoms with van der Waals surface area (Å²) in [5.41, 5.74) is 8.74. The quantitative estimate of drug-likeness (QED) is 0.338. The molecule has 7 heteroatoms. The van der Waals surface area contributed by atoms with Crippen LogP contribution >= 0.6 is 24.4 Å². The van der Waals surface area contributed by atoms with Crippen molar-refractivity contribution in [1.29, 1.82) is 0 Å². The monoisotopic (exact) mass is 273 g/mol. The maximum Gasteiger partial charge on any atom is 0.199 e. The molecule has 0 spiro atoms. The van der Waals surface area contributed by atoms with Gasteiger partial charge in [0.05, 0.1) is 0 Å². The van der Waals surface area contributed by atoms with Gasteiger partial charge in [-0.15, -0.1) is 6.58 Å². The van der Waals surface area contributed by atoms with Crippen LogP contribution < -0.4 is 21.6 Å². The maximum absolute atomic E-state index is 5.13. The molecule has 0 aliphatic carbocycles. The van der Waals surface area contributed by atoms with Crippen LogP contribution in [0.2, 0.25) is 0 Å². The Morgan fingerprint density at radius 1 is 1.12 bits per heavy atom. The standard InChI is InChI=1S/C10H19N5S2/c1-2-6-11-9(16)12-13-10(17)14-15-7-4-3-5-8-15/h2H,1,3-8H2,(H2,11,12,16)(H2,13,14,17). The molecule has 0 aromatic carbocycles. The Morgan fingerprint density at radius 2 is 1.76 bits per heavy atom. The molecule has 0 aromatic rings. The summed E-state index contributed by atoms with van der Waals surface area (Å²) in [6.07, 6.45) is 5.45. The Bertz CT molecular complexity index is 276.